The fraction of sp³-hybridized carbons (Fsp3) is 0.846. The first-order valence-electron chi connectivity index (χ1n) is 12.1. The third kappa shape index (κ3) is 5.17. The van der Waals surface area contributed by atoms with Crippen LogP contribution in [0, 0.1) is 29.1 Å². The van der Waals surface area contributed by atoms with Gasteiger partial charge in [0.1, 0.15) is 0 Å². The van der Waals surface area contributed by atoms with E-state index in [0.717, 1.165) is 24.7 Å². The molecule has 0 heterocycles. The maximum absolute atomic E-state index is 10.2. The Morgan fingerprint density at radius 3 is 2.41 bits per heavy atom. The molecule has 3 aliphatic carbocycles. The Bertz CT molecular complexity index is 593. The van der Waals surface area contributed by atoms with Gasteiger partial charge in [0.15, 0.2) is 0 Å². The highest BCUT2D eigenvalue weighted by molar-refractivity contribution is 5.26. The van der Waals surface area contributed by atoms with Gasteiger partial charge >= 0.3 is 0 Å². The first kappa shape index (κ1) is 23.0. The van der Waals surface area contributed by atoms with Gasteiger partial charge in [-0.2, -0.15) is 0 Å². The molecule has 0 aromatic carbocycles. The molecule has 3 nitrogen and oxygen atoms in total. The molecule has 3 heteroatoms. The Morgan fingerprint density at radius 1 is 1.07 bits per heavy atom. The summed E-state index contributed by atoms with van der Waals surface area (Å²) in [6.07, 6.45) is 14.7. The molecule has 0 aliphatic heterocycles. The second kappa shape index (κ2) is 9.66. The summed E-state index contributed by atoms with van der Waals surface area (Å²) in [5.74, 6) is 2.18. The maximum atomic E-state index is 10.2. The molecule has 0 bridgehead atoms. The van der Waals surface area contributed by atoms with Crippen molar-refractivity contribution in [2.24, 2.45) is 29.1 Å². The van der Waals surface area contributed by atoms with Crippen LogP contribution < -0.4 is 0 Å². The van der Waals surface area contributed by atoms with Gasteiger partial charge in [-0.1, -0.05) is 56.9 Å². The van der Waals surface area contributed by atoms with E-state index in [-0.39, 0.29) is 12.0 Å². The molecule has 29 heavy (non-hydrogen) atoms. The molecule has 0 saturated heterocycles. The number of rotatable bonds is 6. The van der Waals surface area contributed by atoms with Crippen LogP contribution in [0.15, 0.2) is 23.3 Å². The summed E-state index contributed by atoms with van der Waals surface area (Å²) in [5.41, 5.74) is 3.21. The van der Waals surface area contributed by atoms with Crippen LogP contribution in [0.5, 0.6) is 0 Å². The van der Waals surface area contributed by atoms with E-state index in [4.69, 9.17) is 0 Å². The number of hydrogen-bond donors (Lipinski definition) is 3. The van der Waals surface area contributed by atoms with Crippen molar-refractivity contribution in [2.45, 2.75) is 110 Å². The van der Waals surface area contributed by atoms with Crippen LogP contribution in [0.2, 0.25) is 0 Å². The number of aliphatic hydroxyl groups excluding tert-OH is 3. The fourth-order valence-corrected chi connectivity index (χ4v) is 6.76. The Hall–Kier alpha value is -0.640. The summed E-state index contributed by atoms with van der Waals surface area (Å²) in [6.45, 7) is 8.82. The Labute approximate surface area is 178 Å². The van der Waals surface area contributed by atoms with Gasteiger partial charge in [0.05, 0.1) is 18.3 Å². The molecule has 0 amide bonds. The number of aliphatic hydroxyl groups is 3. The van der Waals surface area contributed by atoms with Crippen LogP contribution >= 0.6 is 0 Å². The van der Waals surface area contributed by atoms with Crippen molar-refractivity contribution in [1.29, 1.82) is 0 Å². The molecule has 3 fully saturated rings. The van der Waals surface area contributed by atoms with Gasteiger partial charge in [0, 0.05) is 5.92 Å². The zero-order valence-corrected chi connectivity index (χ0v) is 19.1. The lowest BCUT2D eigenvalue weighted by Crippen LogP contribution is -2.36. The molecule has 0 aromatic heterocycles. The lowest BCUT2D eigenvalue weighted by atomic mass is 9.60. The van der Waals surface area contributed by atoms with Crippen molar-refractivity contribution in [1.82, 2.24) is 0 Å². The topological polar surface area (TPSA) is 60.7 Å². The summed E-state index contributed by atoms with van der Waals surface area (Å²) in [5, 5.41) is 30.0. The predicted octanol–water partition coefficient (Wildman–Crippen LogP) is 5.39. The Kier molecular flexibility index (Phi) is 7.67. The van der Waals surface area contributed by atoms with Crippen molar-refractivity contribution in [2.75, 3.05) is 0 Å². The van der Waals surface area contributed by atoms with E-state index in [1.807, 2.05) is 13.8 Å². The second-order valence-electron chi connectivity index (χ2n) is 10.8. The molecule has 0 radical (unpaired) electrons. The quantitative estimate of drug-likeness (QED) is 0.556. The van der Waals surface area contributed by atoms with Crippen molar-refractivity contribution in [3.8, 4) is 0 Å². The molecule has 3 aliphatic rings. The van der Waals surface area contributed by atoms with E-state index in [2.05, 4.69) is 26.0 Å². The normalized spacial score (nSPS) is 41.3. The second-order valence-corrected chi connectivity index (χ2v) is 10.8. The molecule has 7 atom stereocenters. The van der Waals surface area contributed by atoms with Crippen LogP contribution in [0.25, 0.3) is 0 Å². The lowest BCUT2D eigenvalue weighted by Gasteiger charge is -2.44. The highest BCUT2D eigenvalue weighted by Crippen LogP contribution is 2.59. The van der Waals surface area contributed by atoms with Gasteiger partial charge in [-0.15, -0.1) is 0 Å². The van der Waals surface area contributed by atoms with E-state index < -0.39 is 12.2 Å². The zero-order valence-electron chi connectivity index (χ0n) is 19.1. The van der Waals surface area contributed by atoms with E-state index in [1.165, 1.54) is 44.1 Å². The first-order chi connectivity index (χ1) is 13.7. The predicted molar refractivity (Wildman–Crippen MR) is 119 cm³/mol. The average molecular weight is 405 g/mol. The minimum absolute atomic E-state index is 0.0244. The van der Waals surface area contributed by atoms with Gasteiger partial charge < -0.3 is 15.3 Å². The van der Waals surface area contributed by atoms with Gasteiger partial charge in [0.25, 0.3) is 0 Å². The molecule has 0 aromatic rings. The smallest absolute Gasteiger partial charge is 0.0627 e. The van der Waals surface area contributed by atoms with E-state index in [9.17, 15) is 15.3 Å². The Morgan fingerprint density at radius 2 is 1.76 bits per heavy atom. The summed E-state index contributed by atoms with van der Waals surface area (Å²) >= 11 is 0. The van der Waals surface area contributed by atoms with Crippen LogP contribution in [0.4, 0.5) is 0 Å². The van der Waals surface area contributed by atoms with Crippen LogP contribution in [-0.4, -0.2) is 33.6 Å². The number of allylic oxidation sites excluding steroid dienone is 3. The van der Waals surface area contributed by atoms with Crippen molar-refractivity contribution >= 4 is 0 Å². The monoisotopic (exact) mass is 404 g/mol. The third-order valence-corrected chi connectivity index (χ3v) is 8.70. The van der Waals surface area contributed by atoms with Gasteiger partial charge in [-0.05, 0) is 81.5 Å². The molecule has 0 unspecified atom stereocenters. The molecule has 3 N–H and O–H groups in total. The highest BCUT2D eigenvalue weighted by atomic mass is 16.3. The highest BCUT2D eigenvalue weighted by Gasteiger charge is 2.50. The number of hydrogen-bond acceptors (Lipinski definition) is 3. The first-order valence-corrected chi connectivity index (χ1v) is 12.1. The van der Waals surface area contributed by atoms with E-state index in [0.29, 0.717) is 24.2 Å². The SMILES string of the molecule is CC1[C@H](O)CC(=CC=C2CCC[C@]3(C)[C@@H]([C@@H](C)CCC[C@H](C)O)CC[C@@H]23)C[C@H]1O. The fourth-order valence-electron chi connectivity index (χ4n) is 6.76. The van der Waals surface area contributed by atoms with Crippen molar-refractivity contribution < 1.29 is 15.3 Å². The molecule has 3 rings (SSSR count). The van der Waals surface area contributed by atoms with Crippen LogP contribution in [-0.2, 0) is 0 Å². The molecular formula is C26H44O3. The summed E-state index contributed by atoms with van der Waals surface area (Å²) in [4.78, 5) is 0. The molecular weight excluding hydrogens is 360 g/mol. The molecule has 3 saturated carbocycles. The van der Waals surface area contributed by atoms with Gasteiger partial charge in [-0.25, -0.2) is 0 Å². The van der Waals surface area contributed by atoms with Crippen LogP contribution in [0.3, 0.4) is 0 Å². The summed E-state index contributed by atoms with van der Waals surface area (Å²) in [7, 11) is 0. The molecule has 166 valence electrons. The molecule has 0 spiro atoms. The van der Waals surface area contributed by atoms with E-state index in [1.54, 1.807) is 5.57 Å². The van der Waals surface area contributed by atoms with Crippen molar-refractivity contribution in [3.05, 3.63) is 23.3 Å². The third-order valence-electron chi connectivity index (χ3n) is 8.70. The number of fused-ring (bicyclic) bond motifs is 1. The maximum Gasteiger partial charge on any atom is 0.0627 e. The Balaban J connectivity index is 1.68. The minimum Gasteiger partial charge on any atom is -0.393 e. The minimum atomic E-state index is -0.418. The van der Waals surface area contributed by atoms with Crippen LogP contribution in [0.1, 0.15) is 91.9 Å². The largest absolute Gasteiger partial charge is 0.393 e. The van der Waals surface area contributed by atoms with Gasteiger partial charge in [0.2, 0.25) is 0 Å². The van der Waals surface area contributed by atoms with Crippen molar-refractivity contribution in [3.63, 3.8) is 0 Å². The lowest BCUT2D eigenvalue weighted by molar-refractivity contribution is 0.00406. The summed E-state index contributed by atoms with van der Waals surface area (Å²) < 4.78 is 0. The zero-order chi connectivity index (χ0) is 21.2. The van der Waals surface area contributed by atoms with E-state index >= 15 is 0 Å². The summed E-state index contributed by atoms with van der Waals surface area (Å²) in [6, 6.07) is 0. The van der Waals surface area contributed by atoms with Gasteiger partial charge in [-0.3, -0.25) is 0 Å². The average Bonchev–Trinajstić information content (AvgIpc) is 3.01. The standard InChI is InChI=1S/C26H44O3/c1-17(7-5-8-18(2)27)22-12-13-23-21(9-6-14-26(22,23)4)11-10-20-15-24(28)19(3)25(29)16-20/h10-11,17-19,22-25,27-29H,5-9,12-16H2,1-4H3/t17-,18-,19?,22+,23-,24+,25+,26+/m0/s1.